The Hall–Kier alpha value is -1.86. The van der Waals surface area contributed by atoms with E-state index in [2.05, 4.69) is 12.2 Å². The van der Waals surface area contributed by atoms with E-state index in [1.54, 1.807) is 18.2 Å². The minimum atomic E-state index is 0.0700. The molecule has 3 N–H and O–H groups in total. The molecule has 0 radical (unpaired) electrons. The number of nitriles is 1. The van der Waals surface area contributed by atoms with E-state index < -0.39 is 0 Å². The molecular formula is C10H8N2OS. The first-order valence-corrected chi connectivity index (χ1v) is 4.25. The van der Waals surface area contributed by atoms with E-state index in [0.717, 1.165) is 5.56 Å². The number of hydrogen-bond acceptors (Lipinski definition) is 3. The maximum absolute atomic E-state index is 9.02. The molecule has 1 aromatic rings. The lowest BCUT2D eigenvalue weighted by molar-refractivity contribution is 0.475. The Bertz CT molecular complexity index is 415. The van der Waals surface area contributed by atoms with Gasteiger partial charge in [-0.05, 0) is 23.8 Å². The summed E-state index contributed by atoms with van der Waals surface area (Å²) in [4.78, 5) is 0.0700. The van der Waals surface area contributed by atoms with Crippen LogP contribution in [0.4, 0.5) is 0 Å². The summed E-state index contributed by atoms with van der Waals surface area (Å²) in [5.41, 5.74) is 6.34. The van der Waals surface area contributed by atoms with Crippen LogP contribution in [0, 0.1) is 11.3 Å². The molecule has 70 valence electrons. The Morgan fingerprint density at radius 3 is 2.43 bits per heavy atom. The molecule has 0 atom stereocenters. The quantitative estimate of drug-likeness (QED) is 0.436. The smallest absolute Gasteiger partial charge is 0.115 e. The van der Waals surface area contributed by atoms with Crippen molar-refractivity contribution in [2.45, 2.75) is 0 Å². The summed E-state index contributed by atoms with van der Waals surface area (Å²) in [5.74, 6) is 0.177. The fourth-order valence-electron chi connectivity index (χ4n) is 0.896. The molecule has 0 saturated heterocycles. The summed E-state index contributed by atoms with van der Waals surface area (Å²) in [6.45, 7) is 0. The molecule has 14 heavy (non-hydrogen) atoms. The zero-order chi connectivity index (χ0) is 10.6. The number of nitrogens with zero attached hydrogens (tertiary/aromatic N) is 1. The van der Waals surface area contributed by atoms with Gasteiger partial charge < -0.3 is 10.8 Å². The Morgan fingerprint density at radius 1 is 1.43 bits per heavy atom. The molecule has 3 nitrogen and oxygen atoms in total. The zero-order valence-corrected chi connectivity index (χ0v) is 8.08. The molecule has 0 unspecified atom stereocenters. The van der Waals surface area contributed by atoms with E-state index in [9.17, 15) is 0 Å². The fraction of sp³-hybridized carbons (Fsp3) is 0. The summed E-state index contributed by atoms with van der Waals surface area (Å²) in [6.07, 6.45) is 1.57. The first-order chi connectivity index (χ1) is 6.63. The molecule has 0 aromatic heterocycles. The van der Waals surface area contributed by atoms with Crippen LogP contribution in [0.1, 0.15) is 5.56 Å². The van der Waals surface area contributed by atoms with Gasteiger partial charge in [0.2, 0.25) is 0 Å². The second-order valence-corrected chi connectivity index (χ2v) is 3.07. The minimum Gasteiger partial charge on any atom is -0.508 e. The normalized spacial score (nSPS) is 10.6. The highest BCUT2D eigenvalue weighted by atomic mass is 32.1. The highest BCUT2D eigenvalue weighted by Gasteiger charge is 1.98. The van der Waals surface area contributed by atoms with Gasteiger partial charge >= 0.3 is 0 Å². The maximum Gasteiger partial charge on any atom is 0.115 e. The van der Waals surface area contributed by atoms with Gasteiger partial charge in [0.1, 0.15) is 16.8 Å². The van der Waals surface area contributed by atoms with Gasteiger partial charge in [-0.3, -0.25) is 0 Å². The molecule has 0 aliphatic carbocycles. The standard InChI is InChI=1S/C10H8N2OS/c11-6-8(10(12)14)5-7-1-3-9(13)4-2-7/h1-5,13H,(H2,12,14)/b8-5-. The number of aromatic hydroxyl groups is 1. The summed E-state index contributed by atoms with van der Waals surface area (Å²) >= 11 is 4.68. The topological polar surface area (TPSA) is 70.0 Å². The van der Waals surface area contributed by atoms with Crippen LogP contribution in [0.2, 0.25) is 0 Å². The van der Waals surface area contributed by atoms with Gasteiger partial charge in [-0.2, -0.15) is 5.26 Å². The van der Waals surface area contributed by atoms with Gasteiger partial charge in [-0.1, -0.05) is 24.4 Å². The zero-order valence-electron chi connectivity index (χ0n) is 7.27. The average molecular weight is 204 g/mol. The van der Waals surface area contributed by atoms with Crippen molar-refractivity contribution in [2.75, 3.05) is 0 Å². The molecular weight excluding hydrogens is 196 g/mol. The van der Waals surface area contributed by atoms with Gasteiger partial charge in [0, 0.05) is 0 Å². The third-order valence-electron chi connectivity index (χ3n) is 1.59. The number of phenolic OH excluding ortho intramolecular Hbond substituents is 1. The third-order valence-corrected chi connectivity index (χ3v) is 1.81. The number of hydrogen-bond donors (Lipinski definition) is 2. The van der Waals surface area contributed by atoms with E-state index >= 15 is 0 Å². The van der Waals surface area contributed by atoms with Crippen molar-refractivity contribution in [3.05, 3.63) is 35.4 Å². The van der Waals surface area contributed by atoms with Crippen LogP contribution in [0.15, 0.2) is 29.8 Å². The highest BCUT2D eigenvalue weighted by molar-refractivity contribution is 7.80. The monoisotopic (exact) mass is 204 g/mol. The second-order valence-electron chi connectivity index (χ2n) is 2.63. The van der Waals surface area contributed by atoms with Crippen molar-refractivity contribution in [1.82, 2.24) is 0 Å². The Labute approximate surface area is 87.1 Å². The van der Waals surface area contributed by atoms with E-state index in [1.807, 2.05) is 6.07 Å². The van der Waals surface area contributed by atoms with Crippen LogP contribution in [0.3, 0.4) is 0 Å². The molecule has 0 amide bonds. The van der Waals surface area contributed by atoms with Gasteiger partial charge in [-0.15, -0.1) is 0 Å². The summed E-state index contributed by atoms with van der Waals surface area (Å²) in [7, 11) is 0. The Balaban J connectivity index is 3.03. The predicted molar refractivity (Wildman–Crippen MR) is 58.5 cm³/mol. The number of benzene rings is 1. The summed E-state index contributed by atoms with van der Waals surface area (Å²) < 4.78 is 0. The predicted octanol–water partition coefficient (Wildman–Crippen LogP) is 1.59. The van der Waals surface area contributed by atoms with Crippen LogP contribution in [-0.4, -0.2) is 10.1 Å². The first kappa shape index (κ1) is 10.2. The molecule has 0 aliphatic heterocycles. The van der Waals surface area contributed by atoms with Crippen LogP contribution in [0.25, 0.3) is 6.08 Å². The summed E-state index contributed by atoms with van der Waals surface area (Å²) in [6, 6.07) is 8.30. The molecule has 0 bridgehead atoms. The van der Waals surface area contributed by atoms with Crippen molar-refractivity contribution in [3.8, 4) is 11.8 Å². The largest absolute Gasteiger partial charge is 0.508 e. The lowest BCUT2D eigenvalue weighted by Gasteiger charge is -1.96. The van der Waals surface area contributed by atoms with Crippen LogP contribution >= 0.6 is 12.2 Å². The van der Waals surface area contributed by atoms with Crippen LogP contribution in [0.5, 0.6) is 5.75 Å². The third kappa shape index (κ3) is 2.57. The van der Waals surface area contributed by atoms with Crippen molar-refractivity contribution < 1.29 is 5.11 Å². The molecule has 0 fully saturated rings. The van der Waals surface area contributed by atoms with Crippen molar-refractivity contribution >= 4 is 23.3 Å². The lowest BCUT2D eigenvalue weighted by Crippen LogP contribution is -2.09. The van der Waals surface area contributed by atoms with Gasteiger partial charge in [0.15, 0.2) is 0 Å². The number of thiocarbonyl (C=S) groups is 1. The van der Waals surface area contributed by atoms with Gasteiger partial charge in [0.05, 0.1) is 5.57 Å². The van der Waals surface area contributed by atoms with Crippen LogP contribution in [-0.2, 0) is 0 Å². The van der Waals surface area contributed by atoms with Gasteiger partial charge in [0.25, 0.3) is 0 Å². The SMILES string of the molecule is N#C/C(=C/c1ccc(O)cc1)C(N)=S. The van der Waals surface area contributed by atoms with Crippen LogP contribution < -0.4 is 5.73 Å². The molecule has 1 rings (SSSR count). The first-order valence-electron chi connectivity index (χ1n) is 3.84. The summed E-state index contributed by atoms with van der Waals surface area (Å²) in [5, 5.41) is 17.7. The highest BCUT2D eigenvalue weighted by Crippen LogP contribution is 2.12. The average Bonchev–Trinajstić information content (AvgIpc) is 2.16. The minimum absolute atomic E-state index is 0.0700. The van der Waals surface area contributed by atoms with Gasteiger partial charge in [-0.25, -0.2) is 0 Å². The number of rotatable bonds is 2. The van der Waals surface area contributed by atoms with E-state index in [4.69, 9.17) is 16.1 Å². The van der Waals surface area contributed by atoms with E-state index in [0.29, 0.717) is 0 Å². The maximum atomic E-state index is 9.02. The Morgan fingerprint density at radius 2 is 2.00 bits per heavy atom. The molecule has 0 aliphatic rings. The molecule has 1 aromatic carbocycles. The Kier molecular flexibility index (Phi) is 3.21. The van der Waals surface area contributed by atoms with Crippen molar-refractivity contribution in [2.24, 2.45) is 5.73 Å². The fourth-order valence-corrected chi connectivity index (χ4v) is 1.00. The van der Waals surface area contributed by atoms with Crippen molar-refractivity contribution in [1.29, 1.82) is 5.26 Å². The number of phenols is 1. The molecule has 0 heterocycles. The molecule has 0 spiro atoms. The van der Waals surface area contributed by atoms with E-state index in [1.165, 1.54) is 12.1 Å². The molecule has 4 heteroatoms. The van der Waals surface area contributed by atoms with Crippen molar-refractivity contribution in [3.63, 3.8) is 0 Å². The lowest BCUT2D eigenvalue weighted by atomic mass is 10.1. The molecule has 0 saturated carbocycles. The van der Waals surface area contributed by atoms with E-state index in [-0.39, 0.29) is 16.3 Å². The second kappa shape index (κ2) is 4.40. The number of nitrogens with two attached hydrogens (primary N) is 1.